The minimum atomic E-state index is -0.513. The van der Waals surface area contributed by atoms with Gasteiger partial charge >= 0.3 is 0 Å². The van der Waals surface area contributed by atoms with Gasteiger partial charge in [0.05, 0.1) is 5.56 Å². The summed E-state index contributed by atoms with van der Waals surface area (Å²) < 4.78 is 13.5. The quantitative estimate of drug-likeness (QED) is 0.785. The van der Waals surface area contributed by atoms with Gasteiger partial charge in [-0.2, -0.15) is 0 Å². The number of carbonyl (C=O) groups excluding carboxylic acids is 1. The van der Waals surface area contributed by atoms with Crippen molar-refractivity contribution in [3.05, 3.63) is 29.6 Å². The third-order valence-electron chi connectivity index (χ3n) is 2.75. The number of halogens is 1. The molecule has 2 nitrogen and oxygen atoms in total. The standard InChI is InChI=1S/C14H20FNOS/c1-9(2)4-5-10(3)16-14(17)12-8-11(18)6-7-13(12)15/h6-10,18H,4-5H2,1-3H3,(H,16,17). The van der Waals surface area contributed by atoms with Gasteiger partial charge in [0.15, 0.2) is 0 Å². The Balaban J connectivity index is 2.62. The molecule has 0 saturated heterocycles. The van der Waals surface area contributed by atoms with Gasteiger partial charge in [0.1, 0.15) is 5.82 Å². The van der Waals surface area contributed by atoms with E-state index in [-0.39, 0.29) is 17.5 Å². The summed E-state index contributed by atoms with van der Waals surface area (Å²) in [5, 5.41) is 2.81. The molecule has 1 N–H and O–H groups in total. The Kier molecular flexibility index (Phi) is 5.66. The van der Waals surface area contributed by atoms with Crippen LogP contribution in [0.25, 0.3) is 0 Å². The average Bonchev–Trinajstić information content (AvgIpc) is 2.29. The zero-order chi connectivity index (χ0) is 13.7. The lowest BCUT2D eigenvalue weighted by Gasteiger charge is -2.15. The monoisotopic (exact) mass is 269 g/mol. The summed E-state index contributed by atoms with van der Waals surface area (Å²) in [6.45, 7) is 6.21. The van der Waals surface area contributed by atoms with E-state index >= 15 is 0 Å². The molecule has 100 valence electrons. The van der Waals surface area contributed by atoms with Gasteiger partial charge in [-0.1, -0.05) is 13.8 Å². The zero-order valence-corrected chi connectivity index (χ0v) is 11.9. The highest BCUT2D eigenvalue weighted by Crippen LogP contribution is 2.14. The first-order valence-electron chi connectivity index (χ1n) is 6.19. The minimum absolute atomic E-state index is 0.0443. The second-order valence-corrected chi connectivity index (χ2v) is 5.53. The summed E-state index contributed by atoms with van der Waals surface area (Å²) in [5.41, 5.74) is 0.0545. The molecule has 0 saturated carbocycles. The molecule has 0 fully saturated rings. The molecule has 1 unspecified atom stereocenters. The summed E-state index contributed by atoms with van der Waals surface area (Å²) in [6.07, 6.45) is 1.93. The van der Waals surface area contributed by atoms with Gasteiger partial charge in [0, 0.05) is 10.9 Å². The van der Waals surface area contributed by atoms with Crippen LogP contribution < -0.4 is 5.32 Å². The molecule has 18 heavy (non-hydrogen) atoms. The molecule has 1 aromatic rings. The van der Waals surface area contributed by atoms with Gasteiger partial charge in [0.2, 0.25) is 0 Å². The van der Waals surface area contributed by atoms with Crippen molar-refractivity contribution in [2.45, 2.75) is 44.6 Å². The topological polar surface area (TPSA) is 29.1 Å². The zero-order valence-electron chi connectivity index (χ0n) is 11.0. The van der Waals surface area contributed by atoms with Gasteiger partial charge in [-0.25, -0.2) is 4.39 Å². The van der Waals surface area contributed by atoms with Gasteiger partial charge in [0.25, 0.3) is 5.91 Å². The molecule has 0 aliphatic heterocycles. The lowest BCUT2D eigenvalue weighted by atomic mass is 10.0. The van der Waals surface area contributed by atoms with Crippen LogP contribution >= 0.6 is 12.6 Å². The van der Waals surface area contributed by atoms with Crippen LogP contribution in [0.1, 0.15) is 44.0 Å². The highest BCUT2D eigenvalue weighted by atomic mass is 32.1. The molecule has 1 amide bonds. The maximum absolute atomic E-state index is 13.5. The molecule has 0 aliphatic rings. The molecule has 1 atom stereocenters. The van der Waals surface area contributed by atoms with Crippen molar-refractivity contribution in [2.24, 2.45) is 5.92 Å². The first-order valence-corrected chi connectivity index (χ1v) is 6.64. The largest absolute Gasteiger partial charge is 0.349 e. The molecule has 1 aromatic carbocycles. The molecule has 0 aliphatic carbocycles. The Labute approximate surface area is 113 Å². The Morgan fingerprint density at radius 3 is 2.61 bits per heavy atom. The molecule has 0 radical (unpaired) electrons. The fourth-order valence-electron chi connectivity index (χ4n) is 1.64. The minimum Gasteiger partial charge on any atom is -0.349 e. The van der Waals surface area contributed by atoms with Crippen LogP contribution in [0, 0.1) is 11.7 Å². The second-order valence-electron chi connectivity index (χ2n) is 5.01. The third kappa shape index (κ3) is 4.69. The third-order valence-corrected chi connectivity index (χ3v) is 3.03. The highest BCUT2D eigenvalue weighted by molar-refractivity contribution is 7.80. The number of benzene rings is 1. The summed E-state index contributed by atoms with van der Waals surface area (Å²) in [4.78, 5) is 12.5. The van der Waals surface area contributed by atoms with Crippen LogP contribution in [0.2, 0.25) is 0 Å². The SMILES string of the molecule is CC(C)CCC(C)NC(=O)c1cc(S)ccc1F. The Morgan fingerprint density at radius 1 is 1.33 bits per heavy atom. The van der Waals surface area contributed by atoms with E-state index in [1.54, 1.807) is 0 Å². The van der Waals surface area contributed by atoms with E-state index in [0.717, 1.165) is 12.8 Å². The van der Waals surface area contributed by atoms with Gasteiger partial charge in [-0.15, -0.1) is 12.6 Å². The number of hydrogen-bond donors (Lipinski definition) is 2. The highest BCUT2D eigenvalue weighted by Gasteiger charge is 2.14. The number of nitrogens with one attached hydrogen (secondary N) is 1. The van der Waals surface area contributed by atoms with Crippen molar-refractivity contribution in [2.75, 3.05) is 0 Å². The number of carbonyl (C=O) groups is 1. The molecule has 0 bridgehead atoms. The van der Waals surface area contributed by atoms with Crippen LogP contribution in [0.4, 0.5) is 4.39 Å². The number of rotatable bonds is 5. The Bertz CT molecular complexity index is 420. The molecule has 1 rings (SSSR count). The number of amides is 1. The van der Waals surface area contributed by atoms with Crippen molar-refractivity contribution in [3.63, 3.8) is 0 Å². The molecule has 0 aromatic heterocycles. The van der Waals surface area contributed by atoms with E-state index < -0.39 is 5.82 Å². The first-order chi connectivity index (χ1) is 8.40. The fraction of sp³-hybridized carbons (Fsp3) is 0.500. The number of hydrogen-bond acceptors (Lipinski definition) is 2. The summed E-state index contributed by atoms with van der Waals surface area (Å²) in [7, 11) is 0. The summed E-state index contributed by atoms with van der Waals surface area (Å²) in [5.74, 6) is -0.289. The Hall–Kier alpha value is -1.03. The van der Waals surface area contributed by atoms with E-state index in [4.69, 9.17) is 0 Å². The van der Waals surface area contributed by atoms with Crippen molar-refractivity contribution in [1.82, 2.24) is 5.32 Å². The van der Waals surface area contributed by atoms with Crippen molar-refractivity contribution >= 4 is 18.5 Å². The van der Waals surface area contributed by atoms with Crippen molar-refractivity contribution < 1.29 is 9.18 Å². The average molecular weight is 269 g/mol. The first kappa shape index (κ1) is 15.0. The van der Waals surface area contributed by atoms with E-state index in [1.807, 2.05) is 6.92 Å². The van der Waals surface area contributed by atoms with Gasteiger partial charge in [-0.05, 0) is 43.9 Å². The van der Waals surface area contributed by atoms with Crippen LogP contribution in [0.3, 0.4) is 0 Å². The van der Waals surface area contributed by atoms with Crippen molar-refractivity contribution in [1.29, 1.82) is 0 Å². The van der Waals surface area contributed by atoms with Gasteiger partial charge in [-0.3, -0.25) is 4.79 Å². The predicted octanol–water partition coefficient (Wildman–Crippen LogP) is 3.67. The molecular weight excluding hydrogens is 249 g/mol. The van der Waals surface area contributed by atoms with E-state index in [0.29, 0.717) is 10.8 Å². The summed E-state index contributed by atoms with van der Waals surface area (Å²) in [6, 6.07) is 4.28. The van der Waals surface area contributed by atoms with Crippen LogP contribution in [-0.2, 0) is 0 Å². The molecular formula is C14H20FNOS. The smallest absolute Gasteiger partial charge is 0.254 e. The maximum Gasteiger partial charge on any atom is 0.254 e. The van der Waals surface area contributed by atoms with Crippen LogP contribution in [-0.4, -0.2) is 11.9 Å². The number of thiol groups is 1. The molecule has 4 heteroatoms. The lowest BCUT2D eigenvalue weighted by Crippen LogP contribution is -2.33. The van der Waals surface area contributed by atoms with E-state index in [1.165, 1.54) is 18.2 Å². The Morgan fingerprint density at radius 2 is 2.00 bits per heavy atom. The normalized spacial score (nSPS) is 12.6. The maximum atomic E-state index is 13.5. The fourth-order valence-corrected chi connectivity index (χ4v) is 1.85. The van der Waals surface area contributed by atoms with E-state index in [2.05, 4.69) is 31.8 Å². The predicted molar refractivity (Wildman–Crippen MR) is 74.7 cm³/mol. The van der Waals surface area contributed by atoms with Crippen LogP contribution in [0.15, 0.2) is 23.1 Å². The van der Waals surface area contributed by atoms with Crippen LogP contribution in [0.5, 0.6) is 0 Å². The lowest BCUT2D eigenvalue weighted by molar-refractivity contribution is 0.0933. The second kappa shape index (κ2) is 6.78. The van der Waals surface area contributed by atoms with Crippen molar-refractivity contribution in [3.8, 4) is 0 Å². The summed E-state index contributed by atoms with van der Waals surface area (Å²) >= 11 is 4.11. The molecule has 0 heterocycles. The van der Waals surface area contributed by atoms with Gasteiger partial charge < -0.3 is 5.32 Å². The molecule has 0 spiro atoms. The van der Waals surface area contributed by atoms with E-state index in [9.17, 15) is 9.18 Å².